The lowest BCUT2D eigenvalue weighted by Gasteiger charge is -2.23. The number of hydrogen-bond donors (Lipinski definition) is 1. The van der Waals surface area contributed by atoms with E-state index in [1.165, 1.54) is 7.11 Å². The van der Waals surface area contributed by atoms with Crippen LogP contribution in [0.4, 0.5) is 10.5 Å². The number of carbonyl (C=O) groups excluding carboxylic acids is 2. The van der Waals surface area contributed by atoms with Crippen molar-refractivity contribution in [2.24, 2.45) is 5.92 Å². The molecule has 1 saturated heterocycles. The third-order valence-electron chi connectivity index (χ3n) is 4.40. The maximum absolute atomic E-state index is 12.6. The second-order valence-electron chi connectivity index (χ2n) is 6.99. The summed E-state index contributed by atoms with van der Waals surface area (Å²) in [4.78, 5) is 28.6. The number of esters is 1. The highest BCUT2D eigenvalue weighted by molar-refractivity contribution is 5.94. The highest BCUT2D eigenvalue weighted by Crippen LogP contribution is 2.18. The number of benzene rings is 1. The lowest BCUT2D eigenvalue weighted by molar-refractivity contribution is 0.0600. The maximum Gasteiger partial charge on any atom is 0.337 e. The zero-order chi connectivity index (χ0) is 18.4. The Morgan fingerprint density at radius 2 is 1.96 bits per heavy atom. The summed E-state index contributed by atoms with van der Waals surface area (Å²) in [5.74, 6) is 0.221. The number of methoxy groups -OCH3 is 1. The first-order valence-electron chi connectivity index (χ1n) is 8.88. The van der Waals surface area contributed by atoms with Gasteiger partial charge in [-0.1, -0.05) is 19.9 Å². The molecule has 1 aliphatic heterocycles. The molecule has 1 heterocycles. The number of nitrogens with zero attached hydrogens (tertiary/aromatic N) is 2. The summed E-state index contributed by atoms with van der Waals surface area (Å²) in [6.07, 6.45) is 0.974. The molecule has 0 spiro atoms. The molecule has 25 heavy (non-hydrogen) atoms. The van der Waals surface area contributed by atoms with E-state index in [0.717, 1.165) is 38.2 Å². The van der Waals surface area contributed by atoms with Crippen molar-refractivity contribution in [1.29, 1.82) is 0 Å². The number of ether oxygens (including phenoxy) is 1. The highest BCUT2D eigenvalue weighted by atomic mass is 16.5. The van der Waals surface area contributed by atoms with Crippen LogP contribution in [0.2, 0.25) is 0 Å². The number of hydrogen-bond acceptors (Lipinski definition) is 4. The minimum atomic E-state index is -0.408. The lowest BCUT2D eigenvalue weighted by atomic mass is 10.1. The van der Waals surface area contributed by atoms with Gasteiger partial charge < -0.3 is 19.9 Å². The Morgan fingerprint density at radius 3 is 2.64 bits per heavy atom. The maximum atomic E-state index is 12.6. The number of amides is 2. The SMILES string of the molecule is COC(=O)c1ccc(C)c(NC(=O)N2CCCN(CC(C)C)CC2)c1. The van der Waals surface area contributed by atoms with Crippen molar-refractivity contribution in [3.05, 3.63) is 29.3 Å². The molecule has 1 aromatic rings. The average Bonchev–Trinajstić information content (AvgIpc) is 2.81. The van der Waals surface area contributed by atoms with Gasteiger partial charge in [-0.2, -0.15) is 0 Å². The van der Waals surface area contributed by atoms with Crippen LogP contribution in [-0.2, 0) is 4.74 Å². The van der Waals surface area contributed by atoms with Crippen LogP contribution in [0.1, 0.15) is 36.2 Å². The van der Waals surface area contributed by atoms with Gasteiger partial charge >= 0.3 is 12.0 Å². The molecular formula is C19H29N3O3. The molecular weight excluding hydrogens is 318 g/mol. The van der Waals surface area contributed by atoms with E-state index in [4.69, 9.17) is 4.74 Å². The first kappa shape index (κ1) is 19.2. The van der Waals surface area contributed by atoms with Gasteiger partial charge in [0.25, 0.3) is 0 Å². The topological polar surface area (TPSA) is 61.9 Å². The van der Waals surface area contributed by atoms with Crippen LogP contribution in [0.15, 0.2) is 18.2 Å². The van der Waals surface area contributed by atoms with Gasteiger partial charge in [-0.3, -0.25) is 0 Å². The summed E-state index contributed by atoms with van der Waals surface area (Å²) in [7, 11) is 1.35. The van der Waals surface area contributed by atoms with Crippen LogP contribution in [0.25, 0.3) is 0 Å². The number of aryl methyl sites for hydroxylation is 1. The minimum absolute atomic E-state index is 0.114. The standard InChI is InChI=1S/C19H29N3O3/c1-14(2)13-21-8-5-9-22(11-10-21)19(24)20-17-12-16(18(23)25-4)7-6-15(17)3/h6-7,12,14H,5,8-11,13H2,1-4H3,(H,20,24). The molecule has 6 nitrogen and oxygen atoms in total. The molecule has 0 radical (unpaired) electrons. The van der Waals surface area contributed by atoms with E-state index in [-0.39, 0.29) is 6.03 Å². The van der Waals surface area contributed by atoms with Crippen molar-refractivity contribution in [2.45, 2.75) is 27.2 Å². The first-order valence-corrected chi connectivity index (χ1v) is 8.88. The lowest BCUT2D eigenvalue weighted by Crippen LogP contribution is -2.38. The third-order valence-corrected chi connectivity index (χ3v) is 4.40. The molecule has 0 saturated carbocycles. The summed E-state index contributed by atoms with van der Waals surface area (Å²) >= 11 is 0. The number of nitrogens with one attached hydrogen (secondary N) is 1. The monoisotopic (exact) mass is 347 g/mol. The first-order chi connectivity index (χ1) is 11.9. The predicted octanol–water partition coefficient (Wildman–Crippen LogP) is 2.98. The number of carbonyl (C=O) groups is 2. The Balaban J connectivity index is 2.01. The molecule has 0 atom stereocenters. The third kappa shape index (κ3) is 5.46. The van der Waals surface area contributed by atoms with Crippen LogP contribution in [-0.4, -0.2) is 61.6 Å². The van der Waals surface area contributed by atoms with Crippen molar-refractivity contribution in [1.82, 2.24) is 9.80 Å². The van der Waals surface area contributed by atoms with Crippen molar-refractivity contribution in [2.75, 3.05) is 45.2 Å². The smallest absolute Gasteiger partial charge is 0.337 e. The molecule has 0 bridgehead atoms. The van der Waals surface area contributed by atoms with Crippen molar-refractivity contribution in [3.8, 4) is 0 Å². The van der Waals surface area contributed by atoms with Gasteiger partial charge in [-0.15, -0.1) is 0 Å². The van der Waals surface area contributed by atoms with Gasteiger partial charge in [0, 0.05) is 31.9 Å². The molecule has 1 aromatic carbocycles. The van der Waals surface area contributed by atoms with Gasteiger partial charge in [0.05, 0.1) is 12.7 Å². The molecule has 2 amide bonds. The molecule has 2 rings (SSSR count). The van der Waals surface area contributed by atoms with Crippen LogP contribution in [0.5, 0.6) is 0 Å². The fraction of sp³-hybridized carbons (Fsp3) is 0.579. The van der Waals surface area contributed by atoms with Crippen LogP contribution < -0.4 is 5.32 Å². The van der Waals surface area contributed by atoms with E-state index in [0.29, 0.717) is 23.7 Å². The van der Waals surface area contributed by atoms with Crippen molar-refractivity contribution < 1.29 is 14.3 Å². The molecule has 138 valence electrons. The predicted molar refractivity (Wildman–Crippen MR) is 99.0 cm³/mol. The highest BCUT2D eigenvalue weighted by Gasteiger charge is 2.20. The number of urea groups is 1. The molecule has 0 unspecified atom stereocenters. The molecule has 1 N–H and O–H groups in total. The van der Waals surface area contributed by atoms with Crippen molar-refractivity contribution >= 4 is 17.7 Å². The number of rotatable bonds is 4. The molecule has 6 heteroatoms. The Labute approximate surface area is 150 Å². The average molecular weight is 347 g/mol. The minimum Gasteiger partial charge on any atom is -0.465 e. The van der Waals surface area contributed by atoms with Crippen LogP contribution in [0, 0.1) is 12.8 Å². The Kier molecular flexibility index (Phi) is 6.82. The molecule has 0 aromatic heterocycles. The van der Waals surface area contributed by atoms with E-state index in [1.807, 2.05) is 17.9 Å². The van der Waals surface area contributed by atoms with Crippen LogP contribution >= 0.6 is 0 Å². The normalized spacial score (nSPS) is 15.8. The zero-order valence-corrected chi connectivity index (χ0v) is 15.7. The van der Waals surface area contributed by atoms with Crippen molar-refractivity contribution in [3.63, 3.8) is 0 Å². The fourth-order valence-electron chi connectivity index (χ4n) is 3.07. The summed E-state index contributed by atoms with van der Waals surface area (Å²) < 4.78 is 4.74. The number of anilines is 1. The summed E-state index contributed by atoms with van der Waals surface area (Å²) in [5.41, 5.74) is 2.00. The van der Waals surface area contributed by atoms with Crippen LogP contribution in [0.3, 0.4) is 0 Å². The summed E-state index contributed by atoms with van der Waals surface area (Å²) in [6, 6.07) is 5.07. The Hall–Kier alpha value is -2.08. The quantitative estimate of drug-likeness (QED) is 0.851. The van der Waals surface area contributed by atoms with E-state index >= 15 is 0 Å². The Morgan fingerprint density at radius 1 is 1.20 bits per heavy atom. The molecule has 1 aliphatic rings. The van der Waals surface area contributed by atoms with E-state index in [9.17, 15) is 9.59 Å². The molecule has 1 fully saturated rings. The van der Waals surface area contributed by atoms with Gasteiger partial charge in [0.1, 0.15) is 0 Å². The van der Waals surface area contributed by atoms with E-state index in [2.05, 4.69) is 24.1 Å². The Bertz CT molecular complexity index is 616. The fourth-order valence-corrected chi connectivity index (χ4v) is 3.07. The van der Waals surface area contributed by atoms with Gasteiger partial charge in [-0.05, 0) is 43.5 Å². The van der Waals surface area contributed by atoms with E-state index in [1.54, 1.807) is 12.1 Å². The van der Waals surface area contributed by atoms with E-state index < -0.39 is 5.97 Å². The summed E-state index contributed by atoms with van der Waals surface area (Å²) in [6.45, 7) is 10.8. The summed E-state index contributed by atoms with van der Waals surface area (Å²) in [5, 5.41) is 2.94. The molecule has 0 aliphatic carbocycles. The second-order valence-corrected chi connectivity index (χ2v) is 6.99. The largest absolute Gasteiger partial charge is 0.465 e. The second kappa shape index (κ2) is 8.85. The zero-order valence-electron chi connectivity index (χ0n) is 15.7. The van der Waals surface area contributed by atoms with Gasteiger partial charge in [0.2, 0.25) is 0 Å². The van der Waals surface area contributed by atoms with Gasteiger partial charge in [0.15, 0.2) is 0 Å². The van der Waals surface area contributed by atoms with Gasteiger partial charge in [-0.25, -0.2) is 9.59 Å².